The molecule has 1 atom stereocenters. The molecule has 0 spiro atoms. The van der Waals surface area contributed by atoms with Crippen LogP contribution in [-0.2, 0) is 0 Å². The van der Waals surface area contributed by atoms with Crippen molar-refractivity contribution < 1.29 is 9.90 Å². The first-order valence-corrected chi connectivity index (χ1v) is 8.28. The van der Waals surface area contributed by atoms with E-state index in [1.807, 2.05) is 12.3 Å². The number of hydrogen-bond acceptors (Lipinski definition) is 3. The number of aliphatic hydroxyl groups is 1. The normalized spacial score (nSPS) is 14.1. The lowest BCUT2D eigenvalue weighted by Crippen LogP contribution is -2.42. The predicted octanol–water partition coefficient (Wildman–Crippen LogP) is 3.06. The first kappa shape index (κ1) is 16.0. The van der Waals surface area contributed by atoms with Crippen LogP contribution in [0.2, 0.25) is 0 Å². The van der Waals surface area contributed by atoms with Crippen LogP contribution in [0.25, 0.3) is 0 Å². The van der Waals surface area contributed by atoms with E-state index >= 15 is 0 Å². The number of carbonyl (C=O) groups excluding carboxylic acids is 1. The van der Waals surface area contributed by atoms with Gasteiger partial charge in [-0.3, -0.25) is 4.79 Å². The van der Waals surface area contributed by atoms with Crippen LogP contribution in [0.1, 0.15) is 17.3 Å². The minimum absolute atomic E-state index is 0.204. The van der Waals surface area contributed by atoms with Gasteiger partial charge >= 0.3 is 0 Å². The van der Waals surface area contributed by atoms with Crippen LogP contribution in [0.5, 0.6) is 0 Å². The molecule has 18 heavy (non-hydrogen) atoms. The summed E-state index contributed by atoms with van der Waals surface area (Å²) in [6.07, 6.45) is 1.92. The average Bonchev–Trinajstić information content (AvgIpc) is 2.29. The fourth-order valence-electron chi connectivity index (χ4n) is 1.40. The van der Waals surface area contributed by atoms with E-state index in [-0.39, 0.29) is 12.5 Å². The van der Waals surface area contributed by atoms with Crippen molar-refractivity contribution in [2.45, 2.75) is 12.5 Å². The molecule has 1 aromatic carbocycles. The Morgan fingerprint density at radius 1 is 1.50 bits per heavy atom. The van der Waals surface area contributed by atoms with E-state index < -0.39 is 5.60 Å². The molecule has 0 bridgehead atoms. The van der Waals surface area contributed by atoms with Crippen molar-refractivity contribution in [3.05, 3.63) is 32.7 Å². The summed E-state index contributed by atoms with van der Waals surface area (Å²) < 4.78 is 1.57. The number of halogens is 2. The number of rotatable bonds is 5. The smallest absolute Gasteiger partial charge is 0.252 e. The predicted molar refractivity (Wildman–Crippen MR) is 83.2 cm³/mol. The fourth-order valence-corrected chi connectivity index (χ4v) is 2.91. The fraction of sp³-hybridized carbons (Fsp3) is 0.417. The van der Waals surface area contributed by atoms with Crippen LogP contribution in [0, 0.1) is 0 Å². The Bertz CT molecular complexity index is 438. The summed E-state index contributed by atoms with van der Waals surface area (Å²) in [6.45, 7) is 1.94. The van der Waals surface area contributed by atoms with Crippen molar-refractivity contribution >= 4 is 49.5 Å². The van der Waals surface area contributed by atoms with Crippen molar-refractivity contribution in [1.82, 2.24) is 5.32 Å². The Morgan fingerprint density at radius 2 is 2.17 bits per heavy atom. The second-order valence-corrected chi connectivity index (χ2v) is 6.87. The zero-order valence-electron chi connectivity index (χ0n) is 10.2. The molecule has 1 aromatic rings. The van der Waals surface area contributed by atoms with Crippen molar-refractivity contribution in [3.63, 3.8) is 0 Å². The molecule has 0 aliphatic heterocycles. The molecule has 1 amide bonds. The van der Waals surface area contributed by atoms with E-state index in [0.717, 1.165) is 8.95 Å². The highest BCUT2D eigenvalue weighted by Crippen LogP contribution is 2.21. The standard InChI is InChI=1S/C12H15Br2NO2S/c1-12(17,7-18-2)6-15-11(16)9-5-8(13)3-4-10(9)14/h3-5,17H,6-7H2,1-2H3,(H,15,16). The van der Waals surface area contributed by atoms with Crippen molar-refractivity contribution in [2.24, 2.45) is 0 Å². The summed E-state index contributed by atoms with van der Waals surface area (Å²) in [5.74, 6) is 0.372. The van der Waals surface area contributed by atoms with Crippen LogP contribution in [0.15, 0.2) is 27.1 Å². The molecule has 3 nitrogen and oxygen atoms in total. The zero-order valence-corrected chi connectivity index (χ0v) is 14.2. The molecule has 0 fully saturated rings. The summed E-state index contributed by atoms with van der Waals surface area (Å²) >= 11 is 8.20. The number of nitrogens with one attached hydrogen (secondary N) is 1. The lowest BCUT2D eigenvalue weighted by Gasteiger charge is -2.22. The first-order valence-electron chi connectivity index (χ1n) is 5.30. The number of hydrogen-bond donors (Lipinski definition) is 2. The van der Waals surface area contributed by atoms with E-state index in [4.69, 9.17) is 0 Å². The topological polar surface area (TPSA) is 49.3 Å². The summed E-state index contributed by atoms with van der Waals surface area (Å²) in [5.41, 5.74) is -0.350. The highest BCUT2D eigenvalue weighted by molar-refractivity contribution is 9.11. The SMILES string of the molecule is CSCC(C)(O)CNC(=O)c1cc(Br)ccc1Br. The molecule has 1 unspecified atom stereocenters. The number of benzene rings is 1. The summed E-state index contributed by atoms with van der Waals surface area (Å²) in [5, 5.41) is 12.7. The molecule has 2 N–H and O–H groups in total. The average molecular weight is 397 g/mol. The maximum atomic E-state index is 12.0. The largest absolute Gasteiger partial charge is 0.387 e. The Hall–Kier alpha value is -0.0400. The van der Waals surface area contributed by atoms with E-state index in [1.165, 1.54) is 0 Å². The molecule has 1 rings (SSSR count). The lowest BCUT2D eigenvalue weighted by atomic mass is 10.1. The molecule has 0 radical (unpaired) electrons. The minimum atomic E-state index is -0.895. The van der Waals surface area contributed by atoms with Gasteiger partial charge in [-0.15, -0.1) is 0 Å². The summed E-state index contributed by atoms with van der Waals surface area (Å²) in [6, 6.07) is 5.40. The molecular formula is C12H15Br2NO2S. The van der Waals surface area contributed by atoms with Gasteiger partial charge in [-0.2, -0.15) is 11.8 Å². The van der Waals surface area contributed by atoms with Gasteiger partial charge in [0.05, 0.1) is 11.2 Å². The van der Waals surface area contributed by atoms with E-state index in [0.29, 0.717) is 11.3 Å². The Labute approximate surface area is 128 Å². The van der Waals surface area contributed by atoms with Crippen LogP contribution < -0.4 is 5.32 Å². The van der Waals surface area contributed by atoms with Crippen LogP contribution in [0.3, 0.4) is 0 Å². The van der Waals surface area contributed by atoms with Gasteiger partial charge in [-0.1, -0.05) is 15.9 Å². The quantitative estimate of drug-likeness (QED) is 0.804. The molecule has 0 aromatic heterocycles. The molecule has 0 heterocycles. The molecule has 0 aliphatic carbocycles. The van der Waals surface area contributed by atoms with Crippen molar-refractivity contribution in [2.75, 3.05) is 18.6 Å². The number of thioether (sulfide) groups is 1. The van der Waals surface area contributed by atoms with Gasteiger partial charge in [-0.05, 0) is 47.3 Å². The van der Waals surface area contributed by atoms with Crippen LogP contribution >= 0.6 is 43.6 Å². The Kier molecular flexibility index (Phi) is 6.17. The molecule has 6 heteroatoms. The summed E-state index contributed by atoms with van der Waals surface area (Å²) in [4.78, 5) is 12.0. The monoisotopic (exact) mass is 395 g/mol. The lowest BCUT2D eigenvalue weighted by molar-refractivity contribution is 0.0724. The Balaban J connectivity index is 2.69. The van der Waals surface area contributed by atoms with Gasteiger partial charge in [-0.25, -0.2) is 0 Å². The molecule has 0 saturated heterocycles. The maximum absolute atomic E-state index is 12.0. The molecular weight excluding hydrogens is 382 g/mol. The number of amides is 1. The third-order valence-corrected chi connectivity index (χ3v) is 4.35. The van der Waals surface area contributed by atoms with Gasteiger partial charge in [0.15, 0.2) is 0 Å². The molecule has 0 aliphatic rings. The van der Waals surface area contributed by atoms with Crippen molar-refractivity contribution in [3.8, 4) is 0 Å². The third kappa shape index (κ3) is 4.91. The van der Waals surface area contributed by atoms with E-state index in [1.54, 1.807) is 30.8 Å². The van der Waals surface area contributed by atoms with Crippen molar-refractivity contribution in [1.29, 1.82) is 0 Å². The number of carbonyl (C=O) groups is 1. The maximum Gasteiger partial charge on any atom is 0.252 e. The van der Waals surface area contributed by atoms with Gasteiger partial charge in [0.1, 0.15) is 0 Å². The van der Waals surface area contributed by atoms with E-state index in [9.17, 15) is 9.90 Å². The zero-order chi connectivity index (χ0) is 13.8. The van der Waals surface area contributed by atoms with Gasteiger partial charge in [0.25, 0.3) is 5.91 Å². The minimum Gasteiger partial charge on any atom is -0.387 e. The highest BCUT2D eigenvalue weighted by atomic mass is 79.9. The Morgan fingerprint density at radius 3 is 2.78 bits per heavy atom. The third-order valence-electron chi connectivity index (χ3n) is 2.26. The molecule has 0 saturated carbocycles. The van der Waals surface area contributed by atoms with Gasteiger partial charge < -0.3 is 10.4 Å². The van der Waals surface area contributed by atoms with Crippen LogP contribution in [-0.4, -0.2) is 35.2 Å². The van der Waals surface area contributed by atoms with Gasteiger partial charge in [0.2, 0.25) is 0 Å². The second kappa shape index (κ2) is 6.93. The molecule has 100 valence electrons. The summed E-state index contributed by atoms with van der Waals surface area (Å²) in [7, 11) is 0. The highest BCUT2D eigenvalue weighted by Gasteiger charge is 2.21. The van der Waals surface area contributed by atoms with Gasteiger partial charge in [0, 0.05) is 21.2 Å². The second-order valence-electron chi connectivity index (χ2n) is 4.24. The first-order chi connectivity index (χ1) is 8.35. The van der Waals surface area contributed by atoms with E-state index in [2.05, 4.69) is 37.2 Å². The van der Waals surface area contributed by atoms with Crippen LogP contribution in [0.4, 0.5) is 0 Å².